The molecule has 0 saturated carbocycles. The average molecular weight is 360 g/mol. The first-order valence-electron chi connectivity index (χ1n) is 8.00. The predicted molar refractivity (Wildman–Crippen MR) is 100.0 cm³/mol. The van der Waals surface area contributed by atoms with Gasteiger partial charge >= 0.3 is 0 Å². The van der Waals surface area contributed by atoms with Gasteiger partial charge in [0, 0.05) is 30.7 Å². The van der Waals surface area contributed by atoms with E-state index in [2.05, 4.69) is 46.7 Å². The van der Waals surface area contributed by atoms with E-state index in [0.717, 1.165) is 32.6 Å². The monoisotopic (exact) mass is 359 g/mol. The number of carbonyl (C=O) groups excluding carboxylic acids is 1. The van der Waals surface area contributed by atoms with Gasteiger partial charge in [-0.2, -0.15) is 0 Å². The SMILES string of the molecule is CC(C(=O)NCCN1c2ccccc2CC1C)C1CNC1.Cl.Cl. The molecule has 3 rings (SSSR count). The largest absolute Gasteiger partial charge is 0.367 e. The van der Waals surface area contributed by atoms with E-state index < -0.39 is 0 Å². The highest BCUT2D eigenvalue weighted by Gasteiger charge is 2.29. The summed E-state index contributed by atoms with van der Waals surface area (Å²) >= 11 is 0. The molecule has 2 heterocycles. The summed E-state index contributed by atoms with van der Waals surface area (Å²) in [6, 6.07) is 9.10. The number of carbonyl (C=O) groups is 1. The van der Waals surface area contributed by atoms with Crippen molar-refractivity contribution in [3.05, 3.63) is 29.8 Å². The molecule has 1 saturated heterocycles. The zero-order chi connectivity index (χ0) is 14.8. The van der Waals surface area contributed by atoms with Gasteiger partial charge < -0.3 is 15.5 Å². The molecule has 0 radical (unpaired) electrons. The molecule has 0 aromatic heterocycles. The Bertz CT molecular complexity index is 522. The minimum absolute atomic E-state index is 0. The summed E-state index contributed by atoms with van der Waals surface area (Å²) in [5.41, 5.74) is 2.75. The van der Waals surface area contributed by atoms with Crippen molar-refractivity contribution in [1.29, 1.82) is 0 Å². The zero-order valence-electron chi connectivity index (χ0n) is 13.7. The van der Waals surface area contributed by atoms with E-state index in [1.54, 1.807) is 0 Å². The van der Waals surface area contributed by atoms with Crippen LogP contribution in [0.25, 0.3) is 0 Å². The number of nitrogens with one attached hydrogen (secondary N) is 2. The van der Waals surface area contributed by atoms with Gasteiger partial charge in [-0.3, -0.25) is 4.79 Å². The molecule has 1 fully saturated rings. The van der Waals surface area contributed by atoms with Crippen LogP contribution in [0.4, 0.5) is 5.69 Å². The number of anilines is 1. The zero-order valence-corrected chi connectivity index (χ0v) is 15.4. The summed E-state index contributed by atoms with van der Waals surface area (Å²) in [6.45, 7) is 7.86. The maximum Gasteiger partial charge on any atom is 0.223 e. The van der Waals surface area contributed by atoms with Crippen LogP contribution >= 0.6 is 24.8 Å². The Hall–Kier alpha value is -0.970. The molecule has 2 atom stereocenters. The number of halogens is 2. The van der Waals surface area contributed by atoms with Gasteiger partial charge in [0.15, 0.2) is 0 Å². The van der Waals surface area contributed by atoms with Crippen LogP contribution < -0.4 is 15.5 Å². The third-order valence-corrected chi connectivity index (χ3v) is 4.93. The second-order valence-corrected chi connectivity index (χ2v) is 6.37. The van der Waals surface area contributed by atoms with E-state index in [4.69, 9.17) is 0 Å². The van der Waals surface area contributed by atoms with Gasteiger partial charge in [-0.05, 0) is 44.0 Å². The van der Waals surface area contributed by atoms with Crippen LogP contribution in [-0.4, -0.2) is 38.1 Å². The third-order valence-electron chi connectivity index (χ3n) is 4.93. The fourth-order valence-electron chi connectivity index (χ4n) is 3.31. The highest BCUT2D eigenvalue weighted by Crippen LogP contribution is 2.31. The molecule has 0 spiro atoms. The molecule has 23 heavy (non-hydrogen) atoms. The second kappa shape index (κ2) is 8.76. The second-order valence-electron chi connectivity index (χ2n) is 6.37. The van der Waals surface area contributed by atoms with Crippen molar-refractivity contribution in [1.82, 2.24) is 10.6 Å². The van der Waals surface area contributed by atoms with Crippen LogP contribution in [0.3, 0.4) is 0 Å². The molecule has 1 amide bonds. The van der Waals surface area contributed by atoms with Gasteiger partial charge in [-0.1, -0.05) is 25.1 Å². The lowest BCUT2D eigenvalue weighted by Gasteiger charge is -2.32. The molecule has 0 bridgehead atoms. The molecular weight excluding hydrogens is 333 g/mol. The van der Waals surface area contributed by atoms with Crippen molar-refractivity contribution in [3.8, 4) is 0 Å². The molecule has 1 aromatic rings. The predicted octanol–water partition coefficient (Wildman–Crippen LogP) is 2.25. The Morgan fingerprint density at radius 1 is 1.35 bits per heavy atom. The fourth-order valence-corrected chi connectivity index (χ4v) is 3.31. The molecule has 4 nitrogen and oxygen atoms in total. The van der Waals surface area contributed by atoms with Crippen LogP contribution in [0.2, 0.25) is 0 Å². The highest BCUT2D eigenvalue weighted by atomic mass is 35.5. The van der Waals surface area contributed by atoms with E-state index in [1.807, 2.05) is 6.92 Å². The lowest BCUT2D eigenvalue weighted by Crippen LogP contribution is -2.50. The molecule has 2 N–H and O–H groups in total. The lowest BCUT2D eigenvalue weighted by atomic mass is 9.88. The quantitative estimate of drug-likeness (QED) is 0.847. The number of rotatable bonds is 5. The first-order chi connectivity index (χ1) is 10.2. The molecule has 130 valence electrons. The number of hydrogen-bond acceptors (Lipinski definition) is 3. The van der Waals surface area contributed by atoms with Crippen molar-refractivity contribution in [3.63, 3.8) is 0 Å². The Balaban J connectivity index is 0.00000132. The normalized spacial score (nSPS) is 20.6. The molecule has 6 heteroatoms. The Morgan fingerprint density at radius 2 is 2.04 bits per heavy atom. The Labute approximate surface area is 151 Å². The summed E-state index contributed by atoms with van der Waals surface area (Å²) in [7, 11) is 0. The van der Waals surface area contributed by atoms with Crippen LogP contribution in [0.5, 0.6) is 0 Å². The number of para-hydroxylation sites is 1. The van der Waals surface area contributed by atoms with Gasteiger partial charge in [0.2, 0.25) is 5.91 Å². The van der Waals surface area contributed by atoms with Crippen molar-refractivity contribution in [2.24, 2.45) is 11.8 Å². The molecule has 1 aromatic carbocycles. The van der Waals surface area contributed by atoms with Gasteiger partial charge in [0.1, 0.15) is 0 Å². The minimum Gasteiger partial charge on any atom is -0.367 e. The van der Waals surface area contributed by atoms with Crippen LogP contribution in [0, 0.1) is 11.8 Å². The number of nitrogens with zero attached hydrogens (tertiary/aromatic N) is 1. The molecule has 2 aliphatic rings. The highest BCUT2D eigenvalue weighted by molar-refractivity contribution is 5.85. The van der Waals surface area contributed by atoms with E-state index >= 15 is 0 Å². The molecule has 2 unspecified atom stereocenters. The van der Waals surface area contributed by atoms with Crippen molar-refractivity contribution < 1.29 is 4.79 Å². The Morgan fingerprint density at radius 3 is 2.70 bits per heavy atom. The maximum absolute atomic E-state index is 12.1. The van der Waals surface area contributed by atoms with E-state index in [-0.39, 0.29) is 36.6 Å². The van der Waals surface area contributed by atoms with Crippen LogP contribution in [0.15, 0.2) is 24.3 Å². The summed E-state index contributed by atoms with van der Waals surface area (Å²) in [4.78, 5) is 14.5. The average Bonchev–Trinajstić information content (AvgIpc) is 2.73. The Kier molecular flexibility index (Phi) is 7.65. The van der Waals surface area contributed by atoms with Gasteiger partial charge in [-0.15, -0.1) is 24.8 Å². The summed E-state index contributed by atoms with van der Waals surface area (Å²) in [5.74, 6) is 0.826. The summed E-state index contributed by atoms with van der Waals surface area (Å²) in [6.07, 6.45) is 1.11. The number of hydrogen-bond donors (Lipinski definition) is 2. The third kappa shape index (κ3) is 4.31. The van der Waals surface area contributed by atoms with Crippen LogP contribution in [0.1, 0.15) is 19.4 Å². The van der Waals surface area contributed by atoms with E-state index in [0.29, 0.717) is 12.0 Å². The first kappa shape index (κ1) is 20.1. The summed E-state index contributed by atoms with van der Waals surface area (Å²) in [5, 5.41) is 6.33. The molecule has 0 aliphatic carbocycles. The van der Waals surface area contributed by atoms with Gasteiger partial charge in [0.25, 0.3) is 0 Å². The maximum atomic E-state index is 12.1. The van der Waals surface area contributed by atoms with Crippen molar-refractivity contribution in [2.45, 2.75) is 26.3 Å². The number of benzene rings is 1. The van der Waals surface area contributed by atoms with Crippen molar-refractivity contribution >= 4 is 36.4 Å². The minimum atomic E-state index is 0. The van der Waals surface area contributed by atoms with E-state index in [1.165, 1.54) is 11.3 Å². The smallest absolute Gasteiger partial charge is 0.223 e. The summed E-state index contributed by atoms with van der Waals surface area (Å²) < 4.78 is 0. The fraction of sp³-hybridized carbons (Fsp3) is 0.588. The number of amides is 1. The van der Waals surface area contributed by atoms with E-state index in [9.17, 15) is 4.79 Å². The number of fused-ring (bicyclic) bond motifs is 1. The lowest BCUT2D eigenvalue weighted by molar-refractivity contribution is -0.126. The topological polar surface area (TPSA) is 44.4 Å². The standard InChI is InChI=1S/C17H25N3O.2ClH/c1-12-9-14-5-3-4-6-16(14)20(12)8-7-19-17(21)13(2)15-10-18-11-15;;/h3-6,12-13,15,18H,7-11H2,1-2H3,(H,19,21);2*1H. The van der Waals surface area contributed by atoms with Crippen molar-refractivity contribution in [2.75, 3.05) is 31.1 Å². The molecular formula is C17H27Cl2N3O. The van der Waals surface area contributed by atoms with Crippen LogP contribution in [-0.2, 0) is 11.2 Å². The van der Waals surface area contributed by atoms with Gasteiger partial charge in [0.05, 0.1) is 0 Å². The van der Waals surface area contributed by atoms with Gasteiger partial charge in [-0.25, -0.2) is 0 Å². The molecule has 2 aliphatic heterocycles. The first-order valence-corrected chi connectivity index (χ1v) is 8.00.